The number of hydrogen-bond acceptors (Lipinski definition) is 7. The predicted octanol–water partition coefficient (Wildman–Crippen LogP) is 3.61. The number of fused-ring (bicyclic) bond motifs is 1. The van der Waals surface area contributed by atoms with Gasteiger partial charge in [0.25, 0.3) is 0 Å². The van der Waals surface area contributed by atoms with Gasteiger partial charge in [0, 0.05) is 38.3 Å². The Morgan fingerprint density at radius 3 is 2.51 bits per heavy atom. The highest BCUT2D eigenvalue weighted by molar-refractivity contribution is 5.92. The molecule has 0 unspecified atom stereocenters. The van der Waals surface area contributed by atoms with Crippen molar-refractivity contribution < 1.29 is 24.2 Å². The van der Waals surface area contributed by atoms with Crippen molar-refractivity contribution in [2.75, 3.05) is 26.3 Å². The zero-order valence-corrected chi connectivity index (χ0v) is 27.9. The Labute approximate surface area is 286 Å². The van der Waals surface area contributed by atoms with Crippen LogP contribution in [0, 0.1) is 11.8 Å². The fraction of sp³-hybridized carbons (Fsp3) is 0.486. The summed E-state index contributed by atoms with van der Waals surface area (Å²) in [5, 5.41) is 26.5. The number of benzene rings is 2. The van der Waals surface area contributed by atoms with Crippen LogP contribution in [0.15, 0.2) is 67.3 Å². The van der Waals surface area contributed by atoms with E-state index in [9.17, 15) is 19.5 Å². The number of aliphatic hydroxyl groups is 1. The van der Waals surface area contributed by atoms with Crippen LogP contribution in [0.2, 0.25) is 0 Å². The van der Waals surface area contributed by atoms with Gasteiger partial charge in [0.05, 0.1) is 42.9 Å². The van der Waals surface area contributed by atoms with E-state index in [1.807, 2.05) is 42.5 Å². The summed E-state index contributed by atoms with van der Waals surface area (Å²) in [6, 6.07) is 14.1. The van der Waals surface area contributed by atoms with Gasteiger partial charge >= 0.3 is 0 Å². The van der Waals surface area contributed by atoms with Crippen LogP contribution in [0.25, 0.3) is 10.8 Å². The molecule has 12 heteroatoms. The molecular formula is C37H47N7O5. The molecule has 2 fully saturated rings. The highest BCUT2D eigenvalue weighted by Gasteiger charge is 2.34. The van der Waals surface area contributed by atoms with Gasteiger partial charge < -0.3 is 30.4 Å². The molecule has 2 aliphatic rings. The van der Waals surface area contributed by atoms with E-state index in [-0.39, 0.29) is 24.7 Å². The van der Waals surface area contributed by atoms with Crippen LogP contribution in [-0.2, 0) is 32.0 Å². The molecule has 0 radical (unpaired) electrons. The van der Waals surface area contributed by atoms with Crippen molar-refractivity contribution in [2.24, 2.45) is 11.8 Å². The minimum absolute atomic E-state index is 0.00598. The number of nitrogens with zero attached hydrogens (tertiary/aromatic N) is 3. The molecule has 2 aromatic carbocycles. The molecular weight excluding hydrogens is 622 g/mol. The Balaban J connectivity index is 1.24. The average molecular weight is 670 g/mol. The van der Waals surface area contributed by atoms with Crippen molar-refractivity contribution in [1.29, 1.82) is 0 Å². The lowest BCUT2D eigenvalue weighted by Gasteiger charge is -2.31. The summed E-state index contributed by atoms with van der Waals surface area (Å²) in [5.74, 6) is -1.30. The Morgan fingerprint density at radius 1 is 0.959 bits per heavy atom. The molecule has 4 aromatic rings. The van der Waals surface area contributed by atoms with Crippen molar-refractivity contribution in [3.8, 4) is 0 Å². The molecule has 1 saturated carbocycles. The predicted molar refractivity (Wildman–Crippen MR) is 184 cm³/mol. The molecule has 2 aromatic heterocycles. The standard InChI is InChI=1S/C37H47N7O5/c45-34(44-15-17-49-18-16-44)21-28(20-27-11-6-10-26-9-4-5-12-30(26)27)36(47)42-33(22-29-23-38-24-39-29)37(48)41-32(19-25-7-2-1-3-8-25)35(46)31-13-14-40-43-31/h4-6,9-14,23-25,28,32-33,35,46H,1-3,7-8,15-22H2,(H,38,39)(H,40,43)(H,41,48)(H,42,47)/t28-,32-,33+,35-/m1/s1. The van der Waals surface area contributed by atoms with Crippen molar-refractivity contribution in [1.82, 2.24) is 35.7 Å². The smallest absolute Gasteiger partial charge is 0.243 e. The number of hydrogen-bond donors (Lipinski definition) is 5. The maximum atomic E-state index is 14.3. The molecule has 1 aliphatic carbocycles. The first kappa shape index (κ1) is 34.3. The van der Waals surface area contributed by atoms with Crippen LogP contribution in [0.1, 0.15) is 68.0 Å². The zero-order valence-electron chi connectivity index (χ0n) is 27.9. The quantitative estimate of drug-likeness (QED) is 0.137. The normalized spacial score (nSPS) is 18.0. The molecule has 6 rings (SSSR count). The third kappa shape index (κ3) is 9.12. The second-order valence-electron chi connectivity index (χ2n) is 13.4. The van der Waals surface area contributed by atoms with Crippen molar-refractivity contribution in [2.45, 2.75) is 76.0 Å². The second kappa shape index (κ2) is 16.7. The molecule has 5 N–H and O–H groups in total. The number of rotatable bonds is 14. The molecule has 260 valence electrons. The molecule has 49 heavy (non-hydrogen) atoms. The number of nitrogens with one attached hydrogen (secondary N) is 4. The maximum Gasteiger partial charge on any atom is 0.243 e. The van der Waals surface area contributed by atoms with E-state index in [4.69, 9.17) is 4.74 Å². The van der Waals surface area contributed by atoms with Crippen molar-refractivity contribution in [3.63, 3.8) is 0 Å². The number of carbonyl (C=O) groups excluding carboxylic acids is 3. The SMILES string of the molecule is O=C(N[C@@H](Cc1c[nH]cn1)C(=O)N[C@H](CC1CCCCC1)[C@H](O)c1cc[nH]n1)[C@@H](CC(=O)N1CCOCC1)Cc1cccc2ccccc12. The summed E-state index contributed by atoms with van der Waals surface area (Å²) in [6.45, 7) is 1.88. The number of aromatic amines is 2. The molecule has 1 saturated heterocycles. The number of amides is 3. The average Bonchev–Trinajstić information content (AvgIpc) is 3.87. The lowest BCUT2D eigenvalue weighted by Crippen LogP contribution is -2.54. The van der Waals surface area contributed by atoms with Gasteiger partial charge in [-0.05, 0) is 41.2 Å². The minimum atomic E-state index is -1.02. The zero-order chi connectivity index (χ0) is 34.0. The molecule has 4 atom stereocenters. The van der Waals surface area contributed by atoms with Gasteiger partial charge in [-0.3, -0.25) is 19.5 Å². The van der Waals surface area contributed by atoms with Gasteiger partial charge in [-0.15, -0.1) is 0 Å². The van der Waals surface area contributed by atoms with Crippen LogP contribution in [0.4, 0.5) is 0 Å². The highest BCUT2D eigenvalue weighted by Crippen LogP contribution is 2.31. The number of carbonyl (C=O) groups is 3. The van der Waals surface area contributed by atoms with E-state index in [1.54, 1.807) is 23.4 Å². The first-order chi connectivity index (χ1) is 23.9. The Morgan fingerprint density at radius 2 is 1.76 bits per heavy atom. The van der Waals surface area contributed by atoms with Gasteiger partial charge in [-0.25, -0.2) is 4.98 Å². The largest absolute Gasteiger partial charge is 0.385 e. The second-order valence-corrected chi connectivity index (χ2v) is 13.4. The summed E-state index contributed by atoms with van der Waals surface area (Å²) in [6.07, 6.45) is 10.4. The summed E-state index contributed by atoms with van der Waals surface area (Å²) < 4.78 is 5.45. The molecule has 1 aliphatic heterocycles. The molecule has 3 heterocycles. The van der Waals surface area contributed by atoms with Gasteiger partial charge in [0.1, 0.15) is 12.1 Å². The first-order valence-corrected chi connectivity index (χ1v) is 17.5. The van der Waals surface area contributed by atoms with Crippen molar-refractivity contribution >= 4 is 28.5 Å². The topological polar surface area (TPSA) is 165 Å². The van der Waals surface area contributed by atoms with E-state index in [0.717, 1.165) is 42.0 Å². The van der Waals surface area contributed by atoms with Crippen LogP contribution in [0.3, 0.4) is 0 Å². The fourth-order valence-corrected chi connectivity index (χ4v) is 7.23. The summed E-state index contributed by atoms with van der Waals surface area (Å²) in [4.78, 5) is 51.0. The Kier molecular flexibility index (Phi) is 11.7. The number of imidazole rings is 1. The fourth-order valence-electron chi connectivity index (χ4n) is 7.23. The monoisotopic (exact) mass is 669 g/mol. The molecule has 3 amide bonds. The summed E-state index contributed by atoms with van der Waals surface area (Å²) >= 11 is 0. The minimum Gasteiger partial charge on any atom is -0.385 e. The lowest BCUT2D eigenvalue weighted by atomic mass is 9.83. The van der Waals surface area contributed by atoms with E-state index >= 15 is 0 Å². The number of morpholine rings is 1. The van der Waals surface area contributed by atoms with Crippen LogP contribution in [-0.4, -0.2) is 86.3 Å². The van der Waals surface area contributed by atoms with E-state index in [0.29, 0.717) is 56.5 Å². The molecule has 12 nitrogen and oxygen atoms in total. The van der Waals surface area contributed by atoms with Crippen LogP contribution >= 0.6 is 0 Å². The number of aliphatic hydroxyl groups excluding tert-OH is 1. The first-order valence-electron chi connectivity index (χ1n) is 17.5. The summed E-state index contributed by atoms with van der Waals surface area (Å²) in [5.41, 5.74) is 2.01. The number of aromatic nitrogens is 4. The molecule has 0 bridgehead atoms. The van der Waals surface area contributed by atoms with Crippen LogP contribution < -0.4 is 10.6 Å². The van der Waals surface area contributed by atoms with E-state index in [1.165, 1.54) is 12.7 Å². The third-order valence-corrected chi connectivity index (χ3v) is 9.95. The van der Waals surface area contributed by atoms with E-state index in [2.05, 4.69) is 30.8 Å². The third-order valence-electron chi connectivity index (χ3n) is 9.95. The molecule has 0 spiro atoms. The van der Waals surface area contributed by atoms with Gasteiger partial charge in [0.15, 0.2) is 0 Å². The van der Waals surface area contributed by atoms with Crippen LogP contribution in [0.5, 0.6) is 0 Å². The van der Waals surface area contributed by atoms with Gasteiger partial charge in [0.2, 0.25) is 17.7 Å². The Bertz CT molecular complexity index is 1640. The van der Waals surface area contributed by atoms with Gasteiger partial charge in [-0.1, -0.05) is 74.6 Å². The van der Waals surface area contributed by atoms with Crippen molar-refractivity contribution in [3.05, 3.63) is 84.2 Å². The highest BCUT2D eigenvalue weighted by atomic mass is 16.5. The number of H-pyrrole nitrogens is 2. The van der Waals surface area contributed by atoms with Gasteiger partial charge in [-0.2, -0.15) is 5.10 Å². The lowest BCUT2D eigenvalue weighted by molar-refractivity contribution is -0.140. The maximum absolute atomic E-state index is 14.3. The number of ether oxygens (including phenoxy) is 1. The summed E-state index contributed by atoms with van der Waals surface area (Å²) in [7, 11) is 0. The Hall–Kier alpha value is -4.55. The van der Waals surface area contributed by atoms with E-state index < -0.39 is 30.0 Å².